The van der Waals surface area contributed by atoms with Crippen LogP contribution < -0.4 is 10.1 Å². The third-order valence-corrected chi connectivity index (χ3v) is 7.04. The Hall–Kier alpha value is -3.24. The highest BCUT2D eigenvalue weighted by atomic mass is 32.2. The van der Waals surface area contributed by atoms with Crippen molar-refractivity contribution in [1.29, 1.82) is 0 Å². The Morgan fingerprint density at radius 3 is 2.38 bits per heavy atom. The third-order valence-electron chi connectivity index (χ3n) is 5.13. The summed E-state index contributed by atoms with van der Waals surface area (Å²) < 4.78 is 37.9. The van der Waals surface area contributed by atoms with Crippen molar-refractivity contribution in [2.45, 2.75) is 31.1 Å². The number of sulfonamides is 1. The van der Waals surface area contributed by atoms with E-state index in [4.69, 9.17) is 9.15 Å². The molecule has 1 saturated heterocycles. The molecule has 32 heavy (non-hydrogen) atoms. The molecule has 0 aliphatic carbocycles. The largest absolute Gasteiger partial charge is 0.494 e. The fraction of sp³-hybridized carbons (Fsp3) is 0.318. The van der Waals surface area contributed by atoms with Gasteiger partial charge >= 0.3 is 6.01 Å². The van der Waals surface area contributed by atoms with Crippen LogP contribution in [0.3, 0.4) is 0 Å². The summed E-state index contributed by atoms with van der Waals surface area (Å²) in [6, 6.07) is 12.9. The molecule has 0 unspecified atom stereocenters. The van der Waals surface area contributed by atoms with Crippen LogP contribution in [0.5, 0.6) is 5.75 Å². The Morgan fingerprint density at radius 2 is 1.72 bits per heavy atom. The predicted molar refractivity (Wildman–Crippen MR) is 118 cm³/mol. The first-order valence-corrected chi connectivity index (χ1v) is 11.9. The summed E-state index contributed by atoms with van der Waals surface area (Å²) in [6.07, 6.45) is 2.77. The quantitative estimate of drug-likeness (QED) is 0.578. The third kappa shape index (κ3) is 4.81. The molecule has 0 saturated carbocycles. The van der Waals surface area contributed by atoms with Crippen LogP contribution in [0.2, 0.25) is 0 Å². The minimum absolute atomic E-state index is 0.0519. The van der Waals surface area contributed by atoms with E-state index in [1.165, 1.54) is 28.6 Å². The van der Waals surface area contributed by atoms with Crippen LogP contribution in [0.25, 0.3) is 11.5 Å². The van der Waals surface area contributed by atoms with E-state index < -0.39 is 15.9 Å². The van der Waals surface area contributed by atoms with E-state index in [0.29, 0.717) is 25.3 Å². The van der Waals surface area contributed by atoms with E-state index in [-0.39, 0.29) is 22.4 Å². The van der Waals surface area contributed by atoms with Gasteiger partial charge in [0.05, 0.1) is 11.5 Å². The van der Waals surface area contributed by atoms with Gasteiger partial charge in [0.15, 0.2) is 0 Å². The first kappa shape index (κ1) is 22.0. The number of hydrogen-bond acceptors (Lipinski definition) is 7. The summed E-state index contributed by atoms with van der Waals surface area (Å²) in [6.45, 7) is 3.53. The average Bonchev–Trinajstić information content (AvgIpc) is 3.29. The number of piperidine rings is 1. The summed E-state index contributed by atoms with van der Waals surface area (Å²) in [5.41, 5.74) is 0.970. The van der Waals surface area contributed by atoms with Crippen LogP contribution in [0.1, 0.15) is 36.5 Å². The monoisotopic (exact) mass is 456 g/mol. The second-order valence-corrected chi connectivity index (χ2v) is 9.25. The van der Waals surface area contributed by atoms with Gasteiger partial charge in [0.25, 0.3) is 5.91 Å². The SMILES string of the molecule is CCOc1ccc(-c2nnc(NC(=O)c3ccc(S(=O)(=O)N4CCCCC4)cc3)o2)cc1. The number of nitrogens with zero attached hydrogens (tertiary/aromatic N) is 3. The minimum atomic E-state index is -3.55. The van der Waals surface area contributed by atoms with Gasteiger partial charge in [0.1, 0.15) is 5.75 Å². The lowest BCUT2D eigenvalue weighted by Gasteiger charge is -2.25. The molecule has 0 atom stereocenters. The molecular weight excluding hydrogens is 432 g/mol. The van der Waals surface area contributed by atoms with Gasteiger partial charge in [-0.15, -0.1) is 5.10 Å². The Labute approximate surface area is 186 Å². The molecular formula is C22H24N4O5S. The van der Waals surface area contributed by atoms with Crippen LogP contribution in [0.4, 0.5) is 6.01 Å². The van der Waals surface area contributed by atoms with E-state index in [2.05, 4.69) is 15.5 Å². The maximum atomic E-state index is 12.7. The highest BCUT2D eigenvalue weighted by Crippen LogP contribution is 2.24. The minimum Gasteiger partial charge on any atom is -0.494 e. The number of nitrogens with one attached hydrogen (secondary N) is 1. The first-order valence-electron chi connectivity index (χ1n) is 10.5. The van der Waals surface area contributed by atoms with Crippen molar-refractivity contribution >= 4 is 21.9 Å². The molecule has 10 heteroatoms. The Morgan fingerprint density at radius 1 is 1.03 bits per heavy atom. The lowest BCUT2D eigenvalue weighted by atomic mass is 10.2. The fourth-order valence-corrected chi connectivity index (χ4v) is 4.97. The molecule has 4 rings (SSSR count). The fourth-order valence-electron chi connectivity index (χ4n) is 3.45. The van der Waals surface area contributed by atoms with Gasteiger partial charge in [-0.25, -0.2) is 8.42 Å². The summed E-state index contributed by atoms with van der Waals surface area (Å²) in [4.78, 5) is 12.7. The van der Waals surface area contributed by atoms with Gasteiger partial charge in [0.2, 0.25) is 15.9 Å². The Kier molecular flexibility index (Phi) is 6.52. The average molecular weight is 457 g/mol. The summed E-state index contributed by atoms with van der Waals surface area (Å²) >= 11 is 0. The standard InChI is InChI=1S/C22H24N4O5S/c1-2-30-18-10-6-17(7-11-18)21-24-25-22(31-21)23-20(27)16-8-12-19(13-9-16)32(28,29)26-14-4-3-5-15-26/h6-13H,2-5,14-15H2,1H3,(H,23,25,27). The van der Waals surface area contributed by atoms with Crippen molar-refractivity contribution in [3.05, 3.63) is 54.1 Å². The number of rotatable bonds is 7. The first-order chi connectivity index (χ1) is 15.5. The summed E-state index contributed by atoms with van der Waals surface area (Å²) in [5.74, 6) is 0.509. The van der Waals surface area contributed by atoms with Crippen LogP contribution >= 0.6 is 0 Å². The zero-order chi connectivity index (χ0) is 22.6. The molecule has 2 aromatic carbocycles. The molecule has 1 aromatic heterocycles. The molecule has 0 spiro atoms. The van der Waals surface area contributed by atoms with Crippen LogP contribution in [-0.4, -0.2) is 48.5 Å². The van der Waals surface area contributed by atoms with Crippen molar-refractivity contribution in [2.75, 3.05) is 25.0 Å². The normalized spacial score (nSPS) is 14.8. The number of amides is 1. The second kappa shape index (κ2) is 9.49. The maximum Gasteiger partial charge on any atom is 0.322 e. The van der Waals surface area contributed by atoms with Crippen molar-refractivity contribution in [1.82, 2.24) is 14.5 Å². The molecule has 0 radical (unpaired) electrons. The van der Waals surface area contributed by atoms with Gasteiger partial charge in [-0.1, -0.05) is 11.5 Å². The zero-order valence-corrected chi connectivity index (χ0v) is 18.5. The smallest absolute Gasteiger partial charge is 0.322 e. The Balaban J connectivity index is 1.42. The number of benzene rings is 2. The van der Waals surface area contributed by atoms with Gasteiger partial charge in [0, 0.05) is 24.2 Å². The van der Waals surface area contributed by atoms with E-state index in [0.717, 1.165) is 25.0 Å². The molecule has 2 heterocycles. The number of aromatic nitrogens is 2. The van der Waals surface area contributed by atoms with Gasteiger partial charge in [-0.2, -0.15) is 4.31 Å². The lowest BCUT2D eigenvalue weighted by molar-refractivity contribution is 0.102. The van der Waals surface area contributed by atoms with Gasteiger partial charge in [-0.05, 0) is 68.3 Å². The number of anilines is 1. The number of hydrogen-bond donors (Lipinski definition) is 1. The summed E-state index contributed by atoms with van der Waals surface area (Å²) in [7, 11) is -3.55. The predicted octanol–water partition coefficient (Wildman–Crippen LogP) is 3.56. The highest BCUT2D eigenvalue weighted by molar-refractivity contribution is 7.89. The molecule has 1 fully saturated rings. The number of ether oxygens (including phenoxy) is 1. The molecule has 9 nitrogen and oxygen atoms in total. The molecule has 1 aliphatic heterocycles. The maximum absolute atomic E-state index is 12.7. The highest BCUT2D eigenvalue weighted by Gasteiger charge is 2.26. The summed E-state index contributed by atoms with van der Waals surface area (Å²) in [5, 5.41) is 10.3. The topological polar surface area (TPSA) is 115 Å². The van der Waals surface area contributed by atoms with Crippen LogP contribution in [0, 0.1) is 0 Å². The van der Waals surface area contributed by atoms with Crippen LogP contribution in [0.15, 0.2) is 57.8 Å². The van der Waals surface area contributed by atoms with E-state index in [1.807, 2.05) is 6.92 Å². The van der Waals surface area contributed by atoms with Crippen molar-refractivity contribution in [3.8, 4) is 17.2 Å². The van der Waals surface area contributed by atoms with Crippen molar-refractivity contribution in [3.63, 3.8) is 0 Å². The number of carbonyl (C=O) groups is 1. The van der Waals surface area contributed by atoms with Crippen molar-refractivity contribution < 1.29 is 22.4 Å². The van der Waals surface area contributed by atoms with Gasteiger partial charge < -0.3 is 9.15 Å². The zero-order valence-electron chi connectivity index (χ0n) is 17.7. The lowest BCUT2D eigenvalue weighted by Crippen LogP contribution is -2.35. The second-order valence-electron chi connectivity index (χ2n) is 7.31. The van der Waals surface area contributed by atoms with E-state index in [9.17, 15) is 13.2 Å². The molecule has 1 amide bonds. The number of carbonyl (C=O) groups excluding carboxylic acids is 1. The molecule has 1 aliphatic rings. The van der Waals surface area contributed by atoms with Crippen molar-refractivity contribution in [2.24, 2.45) is 0 Å². The van der Waals surface area contributed by atoms with Gasteiger partial charge in [-0.3, -0.25) is 10.1 Å². The van der Waals surface area contributed by atoms with E-state index in [1.54, 1.807) is 24.3 Å². The molecule has 1 N–H and O–H groups in total. The Bertz CT molecular complexity index is 1170. The van der Waals surface area contributed by atoms with E-state index >= 15 is 0 Å². The molecule has 168 valence electrons. The molecule has 3 aromatic rings. The van der Waals surface area contributed by atoms with Crippen LogP contribution in [-0.2, 0) is 10.0 Å². The molecule has 0 bridgehead atoms.